The van der Waals surface area contributed by atoms with Gasteiger partial charge in [0.15, 0.2) is 0 Å². The molecule has 4 rings (SSSR count). The highest BCUT2D eigenvalue weighted by atomic mass is 16.5. The zero-order valence-corrected chi connectivity index (χ0v) is 25.5. The van der Waals surface area contributed by atoms with Crippen molar-refractivity contribution < 1.29 is 9.53 Å². The summed E-state index contributed by atoms with van der Waals surface area (Å²) in [7, 11) is 0. The summed E-state index contributed by atoms with van der Waals surface area (Å²) in [6, 6.07) is 0. The van der Waals surface area contributed by atoms with Crippen LogP contribution in [0.1, 0.15) is 151 Å². The van der Waals surface area contributed by atoms with Gasteiger partial charge in [0.25, 0.3) is 0 Å². The highest BCUT2D eigenvalue weighted by Crippen LogP contribution is 2.67. The molecule has 0 aromatic rings. The summed E-state index contributed by atoms with van der Waals surface area (Å²) in [4.78, 5) is 12.5. The predicted molar refractivity (Wildman–Crippen MR) is 156 cm³/mol. The summed E-state index contributed by atoms with van der Waals surface area (Å²) in [5.74, 6) is 5.34. The number of rotatable bonds is 12. The van der Waals surface area contributed by atoms with Crippen LogP contribution in [0.3, 0.4) is 0 Å². The summed E-state index contributed by atoms with van der Waals surface area (Å²) >= 11 is 0. The van der Waals surface area contributed by atoms with E-state index in [-0.39, 0.29) is 12.1 Å². The van der Waals surface area contributed by atoms with Crippen LogP contribution in [0.25, 0.3) is 0 Å². The number of ether oxygens (including phenoxy) is 1. The highest BCUT2D eigenvalue weighted by Gasteiger charge is 2.59. The second-order valence-electron chi connectivity index (χ2n) is 14.8. The smallest absolute Gasteiger partial charge is 0.306 e. The quantitative estimate of drug-likeness (QED) is 0.148. The zero-order valence-electron chi connectivity index (χ0n) is 25.5. The minimum absolute atomic E-state index is 0.0485. The molecule has 3 fully saturated rings. The maximum atomic E-state index is 12.5. The van der Waals surface area contributed by atoms with E-state index in [0.717, 1.165) is 61.2 Å². The number of fused-ring (bicyclic) bond motifs is 5. The van der Waals surface area contributed by atoms with E-state index in [0.29, 0.717) is 17.3 Å². The van der Waals surface area contributed by atoms with Gasteiger partial charge in [-0.2, -0.15) is 0 Å². The van der Waals surface area contributed by atoms with E-state index in [2.05, 4.69) is 47.6 Å². The van der Waals surface area contributed by atoms with Crippen molar-refractivity contribution >= 4 is 5.97 Å². The maximum Gasteiger partial charge on any atom is 0.306 e. The molecule has 0 bridgehead atoms. The van der Waals surface area contributed by atoms with Crippen LogP contribution in [0, 0.1) is 46.3 Å². The van der Waals surface area contributed by atoms with Crippen molar-refractivity contribution in [2.75, 3.05) is 0 Å². The van der Waals surface area contributed by atoms with Gasteiger partial charge in [0.05, 0.1) is 0 Å². The Morgan fingerprint density at radius 3 is 2.49 bits per heavy atom. The predicted octanol–water partition coefficient (Wildman–Crippen LogP) is 10.3. The summed E-state index contributed by atoms with van der Waals surface area (Å²) < 4.78 is 6.02. The Morgan fingerprint density at radius 2 is 1.73 bits per heavy atom. The lowest BCUT2D eigenvalue weighted by Crippen LogP contribution is -2.51. The molecule has 2 heteroatoms. The second kappa shape index (κ2) is 12.6. The molecular formula is C35H60O2. The summed E-state index contributed by atoms with van der Waals surface area (Å²) in [6.45, 7) is 14.9. The first kappa shape index (κ1) is 29.2. The van der Waals surface area contributed by atoms with Gasteiger partial charge in [-0.25, -0.2) is 0 Å². The van der Waals surface area contributed by atoms with E-state index in [1.165, 1.54) is 77.0 Å². The van der Waals surface area contributed by atoms with Crippen LogP contribution < -0.4 is 0 Å². The Balaban J connectivity index is 1.34. The van der Waals surface area contributed by atoms with Crippen molar-refractivity contribution in [2.45, 2.75) is 157 Å². The van der Waals surface area contributed by atoms with Crippen LogP contribution in [0.4, 0.5) is 0 Å². The van der Waals surface area contributed by atoms with Gasteiger partial charge in [-0.1, -0.05) is 98.1 Å². The topological polar surface area (TPSA) is 26.3 Å². The van der Waals surface area contributed by atoms with E-state index in [4.69, 9.17) is 4.74 Å². The van der Waals surface area contributed by atoms with Gasteiger partial charge in [-0.3, -0.25) is 4.79 Å². The van der Waals surface area contributed by atoms with Crippen LogP contribution in [0.5, 0.6) is 0 Å². The Hall–Kier alpha value is -0.790. The van der Waals surface area contributed by atoms with Crippen molar-refractivity contribution in [3.8, 4) is 0 Å². The zero-order chi connectivity index (χ0) is 26.6. The number of allylic oxidation sites excluding steroid dienone is 1. The van der Waals surface area contributed by atoms with Gasteiger partial charge in [-0.15, -0.1) is 0 Å². The molecule has 8 atom stereocenters. The van der Waals surface area contributed by atoms with Gasteiger partial charge in [0, 0.05) is 12.8 Å². The SMILES string of the molecule is CCCCCCCC(=O)O[C@@H]1CC[C@@]2(C)C(=CC[C@H]3[C@H]4CC[C@H]([C@H](C)CCCC(C)C)[C@@]4(C)CC[C@H]32)C1. The maximum absolute atomic E-state index is 12.5. The Kier molecular flexibility index (Phi) is 9.94. The summed E-state index contributed by atoms with van der Waals surface area (Å²) in [5, 5.41) is 0. The van der Waals surface area contributed by atoms with Gasteiger partial charge in [0.1, 0.15) is 6.10 Å². The molecule has 0 aromatic carbocycles. The molecule has 0 unspecified atom stereocenters. The van der Waals surface area contributed by atoms with Crippen molar-refractivity contribution in [3.05, 3.63) is 11.6 Å². The van der Waals surface area contributed by atoms with Crippen molar-refractivity contribution in [2.24, 2.45) is 46.3 Å². The molecular weight excluding hydrogens is 452 g/mol. The average Bonchev–Trinajstić information content (AvgIpc) is 3.21. The number of carbonyl (C=O) groups is 1. The molecule has 0 amide bonds. The first-order chi connectivity index (χ1) is 17.7. The van der Waals surface area contributed by atoms with Gasteiger partial charge < -0.3 is 4.74 Å². The van der Waals surface area contributed by atoms with Crippen molar-refractivity contribution in [1.29, 1.82) is 0 Å². The molecule has 0 N–H and O–H groups in total. The van der Waals surface area contributed by atoms with E-state index in [1.54, 1.807) is 5.57 Å². The van der Waals surface area contributed by atoms with Crippen LogP contribution in [-0.4, -0.2) is 12.1 Å². The van der Waals surface area contributed by atoms with Crippen molar-refractivity contribution in [1.82, 2.24) is 0 Å². The fourth-order valence-corrected chi connectivity index (χ4v) is 9.87. The third kappa shape index (κ3) is 6.35. The minimum atomic E-state index is 0.0485. The summed E-state index contributed by atoms with van der Waals surface area (Å²) in [5.41, 5.74) is 2.54. The number of hydrogen-bond acceptors (Lipinski definition) is 2. The lowest BCUT2D eigenvalue weighted by Gasteiger charge is -2.58. The number of unbranched alkanes of at least 4 members (excludes halogenated alkanes) is 4. The monoisotopic (exact) mass is 512 g/mol. The van der Waals surface area contributed by atoms with Gasteiger partial charge >= 0.3 is 5.97 Å². The molecule has 0 aromatic heterocycles. The normalized spacial score (nSPS) is 37.9. The van der Waals surface area contributed by atoms with Gasteiger partial charge in [0.2, 0.25) is 0 Å². The fourth-order valence-electron chi connectivity index (χ4n) is 9.87. The average molecular weight is 513 g/mol. The van der Waals surface area contributed by atoms with Crippen LogP contribution in [-0.2, 0) is 9.53 Å². The standard InChI is InChI=1S/C35H60O2/c1-7-8-9-10-11-15-33(36)37-28-20-22-34(5)27(24-28)16-17-29-31-19-18-30(26(4)14-12-13-25(2)3)35(31,6)23-21-32(29)34/h16,25-26,28-32H,7-15,17-24H2,1-6H3/t26-,28-,29+,30-,31-,32-,34+,35-/m1/s1. The molecule has 3 saturated carbocycles. The molecule has 0 aliphatic heterocycles. The van der Waals surface area contributed by atoms with Crippen LogP contribution >= 0.6 is 0 Å². The third-order valence-corrected chi connectivity index (χ3v) is 12.0. The van der Waals surface area contributed by atoms with E-state index in [1.807, 2.05) is 0 Å². The Labute approximate surface area is 230 Å². The highest BCUT2D eigenvalue weighted by molar-refractivity contribution is 5.69. The number of esters is 1. The number of carbonyl (C=O) groups excluding carboxylic acids is 1. The van der Waals surface area contributed by atoms with Crippen LogP contribution in [0.15, 0.2) is 11.6 Å². The molecule has 0 saturated heterocycles. The molecule has 2 nitrogen and oxygen atoms in total. The van der Waals surface area contributed by atoms with Gasteiger partial charge in [-0.05, 0) is 97.7 Å². The first-order valence-electron chi connectivity index (χ1n) is 16.6. The first-order valence-corrected chi connectivity index (χ1v) is 16.6. The molecule has 4 aliphatic rings. The fraction of sp³-hybridized carbons (Fsp3) is 0.914. The third-order valence-electron chi connectivity index (χ3n) is 12.0. The Morgan fingerprint density at radius 1 is 0.946 bits per heavy atom. The van der Waals surface area contributed by atoms with E-state index in [9.17, 15) is 4.79 Å². The molecule has 0 radical (unpaired) electrons. The molecule has 4 aliphatic carbocycles. The number of hydrogen-bond donors (Lipinski definition) is 0. The lowest BCUT2D eigenvalue weighted by atomic mass is 9.47. The largest absolute Gasteiger partial charge is 0.462 e. The van der Waals surface area contributed by atoms with E-state index < -0.39 is 0 Å². The van der Waals surface area contributed by atoms with Crippen LogP contribution in [0.2, 0.25) is 0 Å². The summed E-state index contributed by atoms with van der Waals surface area (Å²) in [6.07, 6.45) is 23.9. The second-order valence-corrected chi connectivity index (χ2v) is 14.8. The molecule has 37 heavy (non-hydrogen) atoms. The minimum Gasteiger partial charge on any atom is -0.462 e. The Bertz CT molecular complexity index is 782. The molecule has 0 heterocycles. The lowest BCUT2D eigenvalue weighted by molar-refractivity contribution is -0.151. The molecule has 212 valence electrons. The van der Waals surface area contributed by atoms with E-state index >= 15 is 0 Å². The van der Waals surface area contributed by atoms with Crippen molar-refractivity contribution in [3.63, 3.8) is 0 Å². The molecule has 0 spiro atoms.